The number of aliphatic hydroxyl groups is 1. The van der Waals surface area contributed by atoms with Crippen LogP contribution in [0.3, 0.4) is 0 Å². The van der Waals surface area contributed by atoms with Gasteiger partial charge in [0.25, 0.3) is 0 Å². The minimum absolute atomic E-state index is 0.136. The summed E-state index contributed by atoms with van der Waals surface area (Å²) in [6.07, 6.45) is 2.35. The molecule has 1 spiro atoms. The maximum absolute atomic E-state index is 12.5. The van der Waals surface area contributed by atoms with Gasteiger partial charge in [0.15, 0.2) is 0 Å². The molecule has 1 aliphatic heterocycles. The first-order chi connectivity index (χ1) is 9.82. The van der Waals surface area contributed by atoms with Crippen molar-refractivity contribution in [2.24, 2.45) is 5.41 Å². The third-order valence-electron chi connectivity index (χ3n) is 5.92. The number of ether oxygens (including phenoxy) is 1. The molecular weight excluding hydrogens is 280 g/mol. The fraction of sp³-hybridized carbons (Fsp3) is 0.588. The zero-order chi connectivity index (χ0) is 15.3. The lowest BCUT2D eigenvalue weighted by Crippen LogP contribution is -2.57. The van der Waals surface area contributed by atoms with E-state index in [0.29, 0.717) is 13.0 Å². The molecule has 1 aromatic carbocycles. The highest BCUT2D eigenvalue weighted by Crippen LogP contribution is 2.60. The monoisotopic (exact) mass is 304 g/mol. The molecule has 3 nitrogen and oxygen atoms in total. The van der Waals surface area contributed by atoms with Crippen LogP contribution in [0.25, 0.3) is 0 Å². The normalized spacial score (nSPS) is 36.2. The first-order valence-corrected chi connectivity index (χ1v) is 10.9. The highest BCUT2D eigenvalue weighted by atomic mass is 28.3. The van der Waals surface area contributed by atoms with Crippen molar-refractivity contribution in [3.63, 3.8) is 0 Å². The lowest BCUT2D eigenvalue weighted by Gasteiger charge is -2.43. The van der Waals surface area contributed by atoms with Gasteiger partial charge in [-0.05, 0) is 26.2 Å². The second-order valence-electron chi connectivity index (χ2n) is 7.34. The third-order valence-corrected chi connectivity index (χ3v) is 10.1. The van der Waals surface area contributed by atoms with Crippen LogP contribution >= 0.6 is 0 Å². The molecular formula is C17H24O3Si. The Morgan fingerprint density at radius 1 is 1.24 bits per heavy atom. The predicted octanol–water partition coefficient (Wildman–Crippen LogP) is 2.45. The maximum Gasteiger partial charge on any atom is 0.315 e. The van der Waals surface area contributed by atoms with Crippen LogP contribution in [0.5, 0.6) is 0 Å². The van der Waals surface area contributed by atoms with Gasteiger partial charge in [-0.15, -0.1) is 0 Å². The molecule has 4 heteroatoms. The number of hydrogen-bond acceptors (Lipinski definition) is 3. The van der Waals surface area contributed by atoms with E-state index in [4.69, 9.17) is 4.74 Å². The van der Waals surface area contributed by atoms with Crippen LogP contribution in [0.1, 0.15) is 26.2 Å². The highest BCUT2D eigenvalue weighted by molar-refractivity contribution is 6.91. The Balaban J connectivity index is 2.07. The zero-order valence-electron chi connectivity index (χ0n) is 13.1. The molecule has 0 radical (unpaired) electrons. The molecule has 2 fully saturated rings. The summed E-state index contributed by atoms with van der Waals surface area (Å²) in [7, 11) is -1.92. The molecule has 1 saturated carbocycles. The van der Waals surface area contributed by atoms with E-state index in [-0.39, 0.29) is 11.5 Å². The Bertz CT molecular complexity index is 552. The van der Waals surface area contributed by atoms with Crippen molar-refractivity contribution in [2.75, 3.05) is 6.61 Å². The molecule has 21 heavy (non-hydrogen) atoms. The average molecular weight is 304 g/mol. The van der Waals surface area contributed by atoms with Gasteiger partial charge in [-0.2, -0.15) is 0 Å². The molecule has 3 unspecified atom stereocenters. The van der Waals surface area contributed by atoms with Crippen molar-refractivity contribution < 1.29 is 14.6 Å². The van der Waals surface area contributed by atoms with E-state index in [1.165, 1.54) is 5.19 Å². The number of rotatable bonds is 2. The standard InChI is InChI=1S/C17H24O3Si/c1-16(19)10-7-11-17(16)14(12-20-15(17)18)21(2,3)13-8-5-4-6-9-13/h4-6,8-9,14,19H,7,10-12H2,1-3H3. The van der Waals surface area contributed by atoms with E-state index in [0.717, 1.165) is 12.8 Å². The number of hydrogen-bond donors (Lipinski definition) is 1. The second kappa shape index (κ2) is 4.68. The molecule has 1 N–H and O–H groups in total. The number of carbonyl (C=O) groups excluding carboxylic acids is 1. The van der Waals surface area contributed by atoms with Crippen molar-refractivity contribution in [3.8, 4) is 0 Å². The number of esters is 1. The lowest BCUT2D eigenvalue weighted by atomic mass is 9.74. The number of cyclic esters (lactones) is 1. The summed E-state index contributed by atoms with van der Waals surface area (Å²) in [5.41, 5.74) is -1.50. The fourth-order valence-corrected chi connectivity index (χ4v) is 8.30. The van der Waals surface area contributed by atoms with Gasteiger partial charge >= 0.3 is 5.97 Å². The van der Waals surface area contributed by atoms with E-state index in [1.54, 1.807) is 0 Å². The van der Waals surface area contributed by atoms with Crippen LogP contribution in [0.2, 0.25) is 18.6 Å². The van der Waals surface area contributed by atoms with Crippen LogP contribution in [-0.4, -0.2) is 31.4 Å². The van der Waals surface area contributed by atoms with Gasteiger partial charge in [-0.1, -0.05) is 48.6 Å². The van der Waals surface area contributed by atoms with E-state index < -0.39 is 19.1 Å². The van der Waals surface area contributed by atoms with Gasteiger partial charge in [0, 0.05) is 5.54 Å². The van der Waals surface area contributed by atoms with Crippen LogP contribution in [-0.2, 0) is 9.53 Å². The Morgan fingerprint density at radius 3 is 2.48 bits per heavy atom. The van der Waals surface area contributed by atoms with Crippen molar-refractivity contribution in [2.45, 2.75) is 50.4 Å². The van der Waals surface area contributed by atoms with Crippen LogP contribution in [0, 0.1) is 5.41 Å². The Kier molecular flexibility index (Phi) is 3.30. The predicted molar refractivity (Wildman–Crippen MR) is 85.2 cm³/mol. The summed E-state index contributed by atoms with van der Waals surface area (Å²) in [5, 5.41) is 12.2. The number of carbonyl (C=O) groups is 1. The Morgan fingerprint density at radius 2 is 1.90 bits per heavy atom. The van der Waals surface area contributed by atoms with Gasteiger partial charge in [0.05, 0.1) is 20.3 Å². The molecule has 3 rings (SSSR count). The topological polar surface area (TPSA) is 46.5 Å². The highest BCUT2D eigenvalue weighted by Gasteiger charge is 2.68. The molecule has 1 saturated heterocycles. The molecule has 114 valence electrons. The quantitative estimate of drug-likeness (QED) is 0.674. The molecule has 0 aromatic heterocycles. The molecule has 1 aliphatic carbocycles. The summed E-state index contributed by atoms with van der Waals surface area (Å²) < 4.78 is 5.48. The Labute approximate surface area is 127 Å². The van der Waals surface area contributed by atoms with E-state index in [2.05, 4.69) is 37.4 Å². The minimum Gasteiger partial charge on any atom is -0.465 e. The molecule has 1 aromatic rings. The van der Waals surface area contributed by atoms with E-state index in [1.807, 2.05) is 13.0 Å². The summed E-state index contributed by atoms with van der Waals surface area (Å²) in [6, 6.07) is 10.5. The largest absolute Gasteiger partial charge is 0.465 e. The SMILES string of the molecule is CC1(O)CCCC12C(=O)OCC2[Si](C)(C)c1ccccc1. The van der Waals surface area contributed by atoms with Gasteiger partial charge in [-0.25, -0.2) is 0 Å². The average Bonchev–Trinajstić information content (AvgIpc) is 2.94. The minimum atomic E-state index is -1.92. The summed E-state index contributed by atoms with van der Waals surface area (Å²) in [4.78, 5) is 12.5. The Hall–Kier alpha value is -1.13. The molecule has 3 atom stereocenters. The maximum atomic E-state index is 12.5. The van der Waals surface area contributed by atoms with Gasteiger partial charge in [-0.3, -0.25) is 4.79 Å². The van der Waals surface area contributed by atoms with Crippen molar-refractivity contribution in [1.29, 1.82) is 0 Å². The molecule has 2 aliphatic rings. The first-order valence-electron chi connectivity index (χ1n) is 7.77. The third kappa shape index (κ3) is 1.92. The van der Waals surface area contributed by atoms with Crippen LogP contribution in [0.4, 0.5) is 0 Å². The zero-order valence-corrected chi connectivity index (χ0v) is 14.1. The summed E-state index contributed by atoms with van der Waals surface area (Å²) in [6.45, 7) is 6.88. The molecule has 1 heterocycles. The van der Waals surface area contributed by atoms with E-state index >= 15 is 0 Å². The van der Waals surface area contributed by atoms with Crippen molar-refractivity contribution in [1.82, 2.24) is 0 Å². The lowest BCUT2D eigenvalue weighted by molar-refractivity contribution is -0.156. The van der Waals surface area contributed by atoms with E-state index in [9.17, 15) is 9.90 Å². The smallest absolute Gasteiger partial charge is 0.315 e. The second-order valence-corrected chi connectivity index (χ2v) is 12.1. The molecule has 0 bridgehead atoms. The van der Waals surface area contributed by atoms with Crippen molar-refractivity contribution in [3.05, 3.63) is 30.3 Å². The van der Waals surface area contributed by atoms with Crippen molar-refractivity contribution >= 4 is 19.2 Å². The summed E-state index contributed by atoms with van der Waals surface area (Å²) >= 11 is 0. The first kappa shape index (κ1) is 14.8. The summed E-state index contributed by atoms with van der Waals surface area (Å²) in [5.74, 6) is -0.175. The van der Waals surface area contributed by atoms with Gasteiger partial charge in [0.1, 0.15) is 5.41 Å². The van der Waals surface area contributed by atoms with Crippen LogP contribution in [0.15, 0.2) is 30.3 Å². The molecule has 0 amide bonds. The van der Waals surface area contributed by atoms with Gasteiger partial charge < -0.3 is 9.84 Å². The van der Waals surface area contributed by atoms with Gasteiger partial charge in [0.2, 0.25) is 0 Å². The number of benzene rings is 1. The fourth-order valence-electron chi connectivity index (χ4n) is 4.54. The van der Waals surface area contributed by atoms with Crippen LogP contribution < -0.4 is 5.19 Å².